The molecule has 0 saturated heterocycles. The third kappa shape index (κ3) is 3.15. The van der Waals surface area contributed by atoms with E-state index < -0.39 is 15.8 Å². The Morgan fingerprint density at radius 3 is 2.56 bits per heavy atom. The summed E-state index contributed by atoms with van der Waals surface area (Å²) >= 11 is 3.22. The predicted octanol–water partition coefficient (Wildman–Crippen LogP) is 2.98. The van der Waals surface area contributed by atoms with Crippen molar-refractivity contribution in [3.8, 4) is 0 Å². The first-order valence-corrected chi connectivity index (χ1v) is 6.79. The molecule has 0 aromatic heterocycles. The molecule has 1 aromatic carbocycles. The second kappa shape index (κ2) is 5.09. The van der Waals surface area contributed by atoms with Gasteiger partial charge in [-0.25, -0.2) is 8.42 Å². The SMILES string of the molecule is CCc1cc(Br)ccc1NS(=O)(=O)C(F)F. The zero-order chi connectivity index (χ0) is 12.3. The van der Waals surface area contributed by atoms with Crippen molar-refractivity contribution in [3.05, 3.63) is 28.2 Å². The summed E-state index contributed by atoms with van der Waals surface area (Å²) < 4.78 is 48.9. The number of hydrogen-bond donors (Lipinski definition) is 1. The van der Waals surface area contributed by atoms with Gasteiger partial charge in [-0.1, -0.05) is 22.9 Å². The Balaban J connectivity index is 3.07. The highest BCUT2D eigenvalue weighted by Gasteiger charge is 2.24. The topological polar surface area (TPSA) is 46.2 Å². The predicted molar refractivity (Wildman–Crippen MR) is 62.1 cm³/mol. The molecule has 0 unspecified atom stereocenters. The fourth-order valence-electron chi connectivity index (χ4n) is 1.15. The van der Waals surface area contributed by atoms with E-state index in [1.165, 1.54) is 6.07 Å². The van der Waals surface area contributed by atoms with Gasteiger partial charge in [0.05, 0.1) is 5.69 Å². The molecule has 7 heteroatoms. The van der Waals surface area contributed by atoms with Crippen LogP contribution in [0.15, 0.2) is 22.7 Å². The van der Waals surface area contributed by atoms with Gasteiger partial charge in [0.2, 0.25) is 0 Å². The van der Waals surface area contributed by atoms with Crippen LogP contribution in [0.4, 0.5) is 14.5 Å². The van der Waals surface area contributed by atoms with Crippen LogP contribution in [0.5, 0.6) is 0 Å². The molecule has 3 nitrogen and oxygen atoms in total. The minimum absolute atomic E-state index is 0.186. The van der Waals surface area contributed by atoms with E-state index in [0.29, 0.717) is 12.0 Å². The summed E-state index contributed by atoms with van der Waals surface area (Å²) in [6.45, 7) is 1.81. The number of hydrogen-bond acceptors (Lipinski definition) is 2. The van der Waals surface area contributed by atoms with Crippen molar-refractivity contribution in [2.45, 2.75) is 19.1 Å². The van der Waals surface area contributed by atoms with E-state index >= 15 is 0 Å². The highest BCUT2D eigenvalue weighted by Crippen LogP contribution is 2.23. The van der Waals surface area contributed by atoms with Crippen molar-refractivity contribution in [2.75, 3.05) is 4.72 Å². The zero-order valence-corrected chi connectivity index (χ0v) is 10.8. The lowest BCUT2D eigenvalue weighted by molar-refractivity contribution is 0.236. The molecule has 1 N–H and O–H groups in total. The van der Waals surface area contributed by atoms with E-state index in [1.54, 1.807) is 12.1 Å². The maximum absolute atomic E-state index is 12.2. The van der Waals surface area contributed by atoms with Crippen LogP contribution in [0.3, 0.4) is 0 Å². The van der Waals surface area contributed by atoms with Crippen molar-refractivity contribution in [1.82, 2.24) is 0 Å². The number of anilines is 1. The van der Waals surface area contributed by atoms with E-state index in [9.17, 15) is 17.2 Å². The minimum Gasteiger partial charge on any atom is -0.279 e. The van der Waals surface area contributed by atoms with Crippen LogP contribution in [-0.4, -0.2) is 14.2 Å². The summed E-state index contributed by atoms with van der Waals surface area (Å²) in [7, 11) is -4.60. The number of halogens is 3. The van der Waals surface area contributed by atoms with Gasteiger partial charge in [0.15, 0.2) is 0 Å². The Morgan fingerprint density at radius 1 is 1.44 bits per heavy atom. The Labute approximate surface area is 101 Å². The number of rotatable bonds is 4. The molecule has 0 amide bonds. The number of nitrogens with one attached hydrogen (secondary N) is 1. The van der Waals surface area contributed by atoms with Gasteiger partial charge in [-0.3, -0.25) is 4.72 Å². The van der Waals surface area contributed by atoms with Gasteiger partial charge >= 0.3 is 5.76 Å². The molecule has 0 saturated carbocycles. The highest BCUT2D eigenvalue weighted by molar-refractivity contribution is 9.10. The van der Waals surface area contributed by atoms with Crippen LogP contribution in [-0.2, 0) is 16.4 Å². The van der Waals surface area contributed by atoms with E-state index in [-0.39, 0.29) is 5.69 Å². The highest BCUT2D eigenvalue weighted by atomic mass is 79.9. The van der Waals surface area contributed by atoms with Crippen LogP contribution >= 0.6 is 15.9 Å². The Hall–Kier alpha value is -0.690. The normalized spacial score (nSPS) is 11.8. The molecule has 0 fully saturated rings. The van der Waals surface area contributed by atoms with Crippen molar-refractivity contribution >= 4 is 31.6 Å². The average Bonchev–Trinajstić information content (AvgIpc) is 2.20. The summed E-state index contributed by atoms with van der Waals surface area (Å²) in [5, 5.41) is 0. The summed E-state index contributed by atoms with van der Waals surface area (Å²) in [6.07, 6.45) is 0.542. The molecule has 0 aliphatic rings. The number of aryl methyl sites for hydroxylation is 1. The van der Waals surface area contributed by atoms with Crippen molar-refractivity contribution in [3.63, 3.8) is 0 Å². The van der Waals surface area contributed by atoms with E-state index in [0.717, 1.165) is 4.47 Å². The van der Waals surface area contributed by atoms with Crippen molar-refractivity contribution < 1.29 is 17.2 Å². The van der Waals surface area contributed by atoms with Gasteiger partial charge in [0, 0.05) is 4.47 Å². The summed E-state index contributed by atoms with van der Waals surface area (Å²) in [5.74, 6) is -3.43. The smallest absolute Gasteiger partial charge is 0.279 e. The molecule has 1 aromatic rings. The molecular weight excluding hydrogens is 304 g/mol. The molecule has 0 aliphatic carbocycles. The lowest BCUT2D eigenvalue weighted by Gasteiger charge is -2.11. The van der Waals surface area contributed by atoms with Crippen LogP contribution in [0.25, 0.3) is 0 Å². The van der Waals surface area contributed by atoms with Crippen LogP contribution in [0.1, 0.15) is 12.5 Å². The zero-order valence-electron chi connectivity index (χ0n) is 8.38. The molecule has 0 spiro atoms. The molecule has 1 rings (SSSR count). The standard InChI is InChI=1S/C9H10BrF2NO2S/c1-2-6-5-7(10)3-4-8(6)13-16(14,15)9(11)12/h3-5,9,13H,2H2,1H3. The van der Waals surface area contributed by atoms with E-state index in [4.69, 9.17) is 0 Å². The van der Waals surface area contributed by atoms with Crippen LogP contribution in [0, 0.1) is 0 Å². The third-order valence-corrected chi connectivity index (χ3v) is 3.40. The van der Waals surface area contributed by atoms with Gasteiger partial charge in [-0.15, -0.1) is 0 Å². The van der Waals surface area contributed by atoms with Crippen molar-refractivity contribution in [2.24, 2.45) is 0 Å². The summed E-state index contributed by atoms with van der Waals surface area (Å²) in [6, 6.07) is 4.72. The average molecular weight is 314 g/mol. The quantitative estimate of drug-likeness (QED) is 0.929. The third-order valence-electron chi connectivity index (χ3n) is 1.93. The fraction of sp³-hybridized carbons (Fsp3) is 0.333. The molecule has 0 atom stereocenters. The van der Waals surface area contributed by atoms with Gasteiger partial charge in [-0.2, -0.15) is 8.78 Å². The Morgan fingerprint density at radius 2 is 2.06 bits per heavy atom. The first-order chi connectivity index (χ1) is 7.36. The maximum Gasteiger partial charge on any atom is 0.355 e. The maximum atomic E-state index is 12.2. The van der Waals surface area contributed by atoms with Crippen LogP contribution in [0.2, 0.25) is 0 Å². The van der Waals surface area contributed by atoms with E-state index in [2.05, 4.69) is 15.9 Å². The van der Waals surface area contributed by atoms with Gasteiger partial charge in [-0.05, 0) is 30.2 Å². The van der Waals surface area contributed by atoms with Gasteiger partial charge in [0.25, 0.3) is 10.0 Å². The second-order valence-electron chi connectivity index (χ2n) is 3.06. The first-order valence-electron chi connectivity index (χ1n) is 4.45. The number of sulfonamides is 1. The minimum atomic E-state index is -4.60. The fourth-order valence-corrected chi connectivity index (χ4v) is 2.16. The second-order valence-corrected chi connectivity index (χ2v) is 5.63. The molecular formula is C9H10BrF2NO2S. The Kier molecular flexibility index (Phi) is 4.26. The first kappa shape index (κ1) is 13.4. The lowest BCUT2D eigenvalue weighted by Crippen LogP contribution is -2.21. The largest absolute Gasteiger partial charge is 0.355 e. The monoisotopic (exact) mass is 313 g/mol. The van der Waals surface area contributed by atoms with Gasteiger partial charge < -0.3 is 0 Å². The molecule has 0 heterocycles. The summed E-state index contributed by atoms with van der Waals surface area (Å²) in [5.41, 5.74) is 0.838. The van der Waals surface area contributed by atoms with Crippen molar-refractivity contribution in [1.29, 1.82) is 0 Å². The number of benzene rings is 1. The molecule has 0 aliphatic heterocycles. The number of alkyl halides is 2. The molecule has 0 radical (unpaired) electrons. The van der Waals surface area contributed by atoms with Crippen LogP contribution < -0.4 is 4.72 Å². The summed E-state index contributed by atoms with van der Waals surface area (Å²) in [4.78, 5) is 0. The molecule has 0 bridgehead atoms. The molecule has 90 valence electrons. The molecule has 16 heavy (non-hydrogen) atoms. The lowest BCUT2D eigenvalue weighted by atomic mass is 10.1. The Bertz CT molecular complexity index is 476. The van der Waals surface area contributed by atoms with Gasteiger partial charge in [0.1, 0.15) is 0 Å². The van der Waals surface area contributed by atoms with E-state index in [1.807, 2.05) is 11.6 Å².